The van der Waals surface area contributed by atoms with E-state index in [0.717, 1.165) is 45.4 Å². The minimum Gasteiger partial charge on any atom is -0.465 e. The van der Waals surface area contributed by atoms with Gasteiger partial charge in [-0.15, -0.1) is 0 Å². The number of aromatic nitrogens is 3. The molecule has 37 heavy (non-hydrogen) atoms. The SMILES string of the molecule is C[C@@H]1CN(c2cccc(CNc3ccnc4c3c(Br)cn4COCC[Si](C)(C)C)n2)C[C@H](C)N1C(=O)O. The third kappa shape index (κ3) is 6.63. The van der Waals surface area contributed by atoms with Gasteiger partial charge in [-0.25, -0.2) is 14.8 Å². The second-order valence-corrected chi connectivity index (χ2v) is 17.5. The molecule has 2 atom stereocenters. The van der Waals surface area contributed by atoms with Crippen LogP contribution in [0.5, 0.6) is 0 Å². The number of carboxylic acid groups (broad SMARTS) is 1. The maximum Gasteiger partial charge on any atom is 0.407 e. The molecule has 1 aliphatic heterocycles. The van der Waals surface area contributed by atoms with Crippen molar-refractivity contribution in [3.8, 4) is 0 Å². The van der Waals surface area contributed by atoms with Gasteiger partial charge in [-0.05, 0) is 54.0 Å². The van der Waals surface area contributed by atoms with Crippen molar-refractivity contribution < 1.29 is 14.6 Å². The van der Waals surface area contributed by atoms with E-state index in [2.05, 4.69) is 50.8 Å². The predicted octanol–water partition coefficient (Wildman–Crippen LogP) is 5.70. The number of carbonyl (C=O) groups is 1. The van der Waals surface area contributed by atoms with Crippen LogP contribution in [0.2, 0.25) is 25.7 Å². The lowest BCUT2D eigenvalue weighted by atomic mass is 10.1. The number of piperazine rings is 1. The molecule has 2 N–H and O–H groups in total. The normalized spacial score (nSPS) is 18.4. The summed E-state index contributed by atoms with van der Waals surface area (Å²) in [5.41, 5.74) is 2.75. The first-order valence-corrected chi connectivity index (χ1v) is 17.2. The van der Waals surface area contributed by atoms with Gasteiger partial charge in [0, 0.05) is 50.3 Å². The molecule has 1 fully saturated rings. The first-order valence-electron chi connectivity index (χ1n) is 12.7. The summed E-state index contributed by atoms with van der Waals surface area (Å²) >= 11 is 3.71. The summed E-state index contributed by atoms with van der Waals surface area (Å²) in [4.78, 5) is 24.8. The van der Waals surface area contributed by atoms with Gasteiger partial charge in [-0.2, -0.15) is 0 Å². The highest BCUT2D eigenvalue weighted by atomic mass is 79.9. The van der Waals surface area contributed by atoms with E-state index in [1.54, 1.807) is 0 Å². The lowest BCUT2D eigenvalue weighted by Gasteiger charge is -2.43. The third-order valence-electron chi connectivity index (χ3n) is 6.65. The van der Waals surface area contributed by atoms with Gasteiger partial charge >= 0.3 is 6.09 Å². The Labute approximate surface area is 228 Å². The third-order valence-corrected chi connectivity index (χ3v) is 8.96. The minimum atomic E-state index is -1.13. The van der Waals surface area contributed by atoms with Crippen molar-refractivity contribution in [2.45, 2.75) is 64.9 Å². The number of nitrogens with one attached hydrogen (secondary N) is 1. The van der Waals surface area contributed by atoms with E-state index in [1.165, 1.54) is 4.90 Å². The molecule has 0 spiro atoms. The molecule has 3 aromatic heterocycles. The number of pyridine rings is 2. The van der Waals surface area contributed by atoms with E-state index in [4.69, 9.17) is 9.72 Å². The Morgan fingerprint density at radius 2 is 1.95 bits per heavy atom. The van der Waals surface area contributed by atoms with E-state index in [1.807, 2.05) is 55.1 Å². The summed E-state index contributed by atoms with van der Waals surface area (Å²) in [6, 6.07) is 8.90. The Bertz CT molecular complexity index is 1230. The van der Waals surface area contributed by atoms with Crippen LogP contribution >= 0.6 is 15.9 Å². The summed E-state index contributed by atoms with van der Waals surface area (Å²) in [6.45, 7) is 14.0. The summed E-state index contributed by atoms with van der Waals surface area (Å²) in [5, 5.41) is 14.0. The fraction of sp³-hybridized carbons (Fsp3) is 0.500. The summed E-state index contributed by atoms with van der Waals surface area (Å²) in [5.74, 6) is 0.866. The smallest absolute Gasteiger partial charge is 0.407 e. The molecule has 3 aromatic rings. The fourth-order valence-corrected chi connectivity index (χ4v) is 6.16. The highest BCUT2D eigenvalue weighted by Crippen LogP contribution is 2.32. The van der Waals surface area contributed by atoms with Crippen LogP contribution in [-0.4, -0.2) is 70.5 Å². The average molecular weight is 590 g/mol. The second kappa shape index (κ2) is 11.4. The van der Waals surface area contributed by atoms with Crippen LogP contribution in [0.15, 0.2) is 41.1 Å². The van der Waals surface area contributed by atoms with E-state index in [9.17, 15) is 9.90 Å². The van der Waals surface area contributed by atoms with Crippen LogP contribution < -0.4 is 10.2 Å². The first kappa shape index (κ1) is 27.4. The number of hydrogen-bond acceptors (Lipinski definition) is 6. The maximum atomic E-state index is 11.6. The number of fused-ring (bicyclic) bond motifs is 1. The molecular weight excluding hydrogens is 552 g/mol. The van der Waals surface area contributed by atoms with Crippen LogP contribution in [0.1, 0.15) is 19.5 Å². The Kier molecular flexibility index (Phi) is 8.45. The Morgan fingerprint density at radius 3 is 2.62 bits per heavy atom. The summed E-state index contributed by atoms with van der Waals surface area (Å²) in [6.07, 6.45) is 2.96. The topological polar surface area (TPSA) is 95.8 Å². The zero-order valence-electron chi connectivity index (χ0n) is 22.2. The monoisotopic (exact) mass is 588 g/mol. The molecule has 4 rings (SSSR count). The average Bonchev–Trinajstić information content (AvgIpc) is 3.15. The molecule has 0 unspecified atom stereocenters. The summed E-state index contributed by atoms with van der Waals surface area (Å²) < 4.78 is 8.96. The fourth-order valence-electron chi connectivity index (χ4n) is 4.77. The van der Waals surface area contributed by atoms with Crippen molar-refractivity contribution in [1.29, 1.82) is 0 Å². The lowest BCUT2D eigenvalue weighted by Crippen LogP contribution is -2.58. The van der Waals surface area contributed by atoms with Crippen molar-refractivity contribution in [2.75, 3.05) is 29.9 Å². The van der Waals surface area contributed by atoms with Crippen LogP contribution in [0, 0.1) is 0 Å². The molecule has 0 saturated carbocycles. The zero-order chi connectivity index (χ0) is 26.7. The molecule has 0 aromatic carbocycles. The first-order chi connectivity index (χ1) is 17.5. The van der Waals surface area contributed by atoms with E-state index in [-0.39, 0.29) is 12.1 Å². The quantitative estimate of drug-likeness (QED) is 0.244. The van der Waals surface area contributed by atoms with Gasteiger partial charge in [0.05, 0.1) is 29.7 Å². The maximum absolute atomic E-state index is 11.6. The minimum absolute atomic E-state index is 0.101. The second-order valence-electron chi connectivity index (χ2n) is 11.0. The number of amides is 1. The standard InChI is InChI=1S/C26H37BrN6O3Si/c1-18-14-31(15-19(2)33(18)26(34)35)23-8-6-7-20(30-23)13-29-22-9-10-28-25-24(22)21(27)16-32(25)17-36-11-12-37(3,4)5/h6-10,16,18-19H,11-15,17H2,1-5H3,(H,28,29)(H,34,35)/t18-,19+. The predicted molar refractivity (Wildman–Crippen MR) is 154 cm³/mol. The van der Waals surface area contributed by atoms with Gasteiger partial charge in [0.2, 0.25) is 0 Å². The lowest BCUT2D eigenvalue weighted by molar-refractivity contribution is 0.0898. The summed E-state index contributed by atoms with van der Waals surface area (Å²) in [7, 11) is -1.13. The number of rotatable bonds is 9. The van der Waals surface area contributed by atoms with Gasteiger partial charge < -0.3 is 24.6 Å². The number of anilines is 2. The Balaban J connectivity index is 1.44. The number of nitrogens with zero attached hydrogens (tertiary/aromatic N) is 5. The van der Waals surface area contributed by atoms with Crippen LogP contribution in [0.25, 0.3) is 11.0 Å². The molecule has 200 valence electrons. The van der Waals surface area contributed by atoms with Crippen molar-refractivity contribution in [1.82, 2.24) is 19.4 Å². The van der Waals surface area contributed by atoms with Crippen LogP contribution in [-0.2, 0) is 18.0 Å². The molecule has 1 aliphatic rings. The van der Waals surface area contributed by atoms with Gasteiger partial charge in [-0.3, -0.25) is 4.90 Å². The molecule has 9 nitrogen and oxygen atoms in total. The van der Waals surface area contributed by atoms with Gasteiger partial charge in [0.25, 0.3) is 0 Å². The Morgan fingerprint density at radius 1 is 1.22 bits per heavy atom. The van der Waals surface area contributed by atoms with Crippen molar-refractivity contribution in [2.24, 2.45) is 0 Å². The molecule has 4 heterocycles. The highest BCUT2D eigenvalue weighted by Gasteiger charge is 2.33. The molecule has 11 heteroatoms. The highest BCUT2D eigenvalue weighted by molar-refractivity contribution is 9.10. The Hall–Kier alpha value is -2.63. The molecule has 0 radical (unpaired) electrons. The van der Waals surface area contributed by atoms with Gasteiger partial charge in [-0.1, -0.05) is 25.7 Å². The molecule has 1 saturated heterocycles. The van der Waals surface area contributed by atoms with Gasteiger partial charge in [0.15, 0.2) is 0 Å². The van der Waals surface area contributed by atoms with Crippen LogP contribution in [0.3, 0.4) is 0 Å². The van der Waals surface area contributed by atoms with Crippen LogP contribution in [0.4, 0.5) is 16.3 Å². The zero-order valence-corrected chi connectivity index (χ0v) is 24.8. The van der Waals surface area contributed by atoms with E-state index >= 15 is 0 Å². The molecule has 0 bridgehead atoms. The van der Waals surface area contributed by atoms with Crippen molar-refractivity contribution in [3.63, 3.8) is 0 Å². The van der Waals surface area contributed by atoms with E-state index in [0.29, 0.717) is 26.4 Å². The number of ether oxygens (including phenoxy) is 1. The van der Waals surface area contributed by atoms with Crippen molar-refractivity contribution >= 4 is 52.6 Å². The molecule has 1 amide bonds. The molecule has 0 aliphatic carbocycles. The van der Waals surface area contributed by atoms with E-state index < -0.39 is 14.2 Å². The largest absolute Gasteiger partial charge is 0.465 e. The van der Waals surface area contributed by atoms with Crippen molar-refractivity contribution in [3.05, 3.63) is 46.8 Å². The molecular formula is C26H37BrN6O3Si. The number of hydrogen-bond donors (Lipinski definition) is 2. The number of halogens is 1. The van der Waals surface area contributed by atoms with Gasteiger partial charge in [0.1, 0.15) is 18.2 Å².